The zero-order chi connectivity index (χ0) is 15.5. The van der Waals surface area contributed by atoms with E-state index >= 15 is 0 Å². The fraction of sp³-hybridized carbons (Fsp3) is 0.267. The SMILES string of the molecule is COc1ccc(N2C[C@@H](C(=O)Nc3nccs3)CC2=O)cc1. The standard InChI is InChI=1S/C15H15N3O3S/c1-21-12-4-2-11(3-5-12)18-9-10(8-13(18)19)14(20)17-15-16-6-7-22-15/h2-7,10H,8-9H2,1H3,(H,16,17,20)/t10-/m0/s1. The third kappa shape index (κ3) is 2.94. The maximum Gasteiger partial charge on any atom is 0.231 e. The predicted molar refractivity (Wildman–Crippen MR) is 84.2 cm³/mol. The van der Waals surface area contributed by atoms with Gasteiger partial charge in [-0.05, 0) is 24.3 Å². The lowest BCUT2D eigenvalue weighted by Gasteiger charge is -2.16. The number of thiazole rings is 1. The van der Waals surface area contributed by atoms with E-state index in [-0.39, 0.29) is 24.2 Å². The molecule has 2 amide bonds. The molecule has 2 aromatic rings. The largest absolute Gasteiger partial charge is 0.497 e. The summed E-state index contributed by atoms with van der Waals surface area (Å²) in [5.74, 6) is 0.149. The number of carbonyl (C=O) groups is 2. The van der Waals surface area contributed by atoms with Gasteiger partial charge in [0.2, 0.25) is 11.8 Å². The fourth-order valence-electron chi connectivity index (χ4n) is 2.39. The molecular formula is C15H15N3O3S. The summed E-state index contributed by atoms with van der Waals surface area (Å²) in [5, 5.41) is 5.09. The molecule has 0 saturated carbocycles. The number of amides is 2. The molecule has 2 heterocycles. The molecule has 1 aromatic heterocycles. The summed E-state index contributed by atoms with van der Waals surface area (Å²) in [5.41, 5.74) is 0.773. The number of rotatable bonds is 4. The van der Waals surface area contributed by atoms with E-state index < -0.39 is 0 Å². The van der Waals surface area contributed by atoms with Gasteiger partial charge in [0.25, 0.3) is 0 Å². The summed E-state index contributed by atoms with van der Waals surface area (Å²) in [6.45, 7) is 0.377. The molecule has 0 aliphatic carbocycles. The molecule has 1 fully saturated rings. The maximum atomic E-state index is 12.2. The second kappa shape index (κ2) is 6.15. The molecule has 6 nitrogen and oxygen atoms in total. The van der Waals surface area contributed by atoms with Crippen LogP contribution in [-0.2, 0) is 9.59 Å². The number of methoxy groups -OCH3 is 1. The number of hydrogen-bond acceptors (Lipinski definition) is 5. The van der Waals surface area contributed by atoms with E-state index in [1.807, 2.05) is 12.1 Å². The molecule has 1 N–H and O–H groups in total. The molecule has 1 aromatic carbocycles. The smallest absolute Gasteiger partial charge is 0.231 e. The van der Waals surface area contributed by atoms with Crippen molar-refractivity contribution < 1.29 is 14.3 Å². The number of nitrogens with one attached hydrogen (secondary N) is 1. The van der Waals surface area contributed by atoms with Crippen LogP contribution in [0.3, 0.4) is 0 Å². The van der Waals surface area contributed by atoms with Crippen molar-refractivity contribution in [1.82, 2.24) is 4.98 Å². The first kappa shape index (κ1) is 14.5. The average Bonchev–Trinajstić information content (AvgIpc) is 3.17. The van der Waals surface area contributed by atoms with E-state index in [0.717, 1.165) is 11.4 Å². The van der Waals surface area contributed by atoms with Gasteiger partial charge >= 0.3 is 0 Å². The van der Waals surface area contributed by atoms with Gasteiger partial charge in [-0.15, -0.1) is 11.3 Å². The third-order valence-electron chi connectivity index (χ3n) is 3.54. The minimum atomic E-state index is -0.362. The lowest BCUT2D eigenvalue weighted by Crippen LogP contribution is -2.28. The van der Waals surface area contributed by atoms with Gasteiger partial charge in [-0.1, -0.05) is 0 Å². The second-order valence-corrected chi connectivity index (χ2v) is 5.82. The van der Waals surface area contributed by atoms with E-state index in [1.54, 1.807) is 35.7 Å². The lowest BCUT2D eigenvalue weighted by molar-refractivity contribution is -0.122. The van der Waals surface area contributed by atoms with E-state index in [0.29, 0.717) is 11.7 Å². The van der Waals surface area contributed by atoms with Gasteiger partial charge in [0.1, 0.15) is 5.75 Å². The Morgan fingerprint density at radius 1 is 1.41 bits per heavy atom. The Bertz CT molecular complexity index is 670. The van der Waals surface area contributed by atoms with E-state index in [9.17, 15) is 9.59 Å². The third-order valence-corrected chi connectivity index (χ3v) is 4.23. The minimum Gasteiger partial charge on any atom is -0.497 e. The number of anilines is 2. The zero-order valence-electron chi connectivity index (χ0n) is 12.0. The van der Waals surface area contributed by atoms with Crippen LogP contribution in [0.15, 0.2) is 35.8 Å². The average molecular weight is 317 g/mol. The monoisotopic (exact) mass is 317 g/mol. The van der Waals surface area contributed by atoms with Crippen LogP contribution in [-0.4, -0.2) is 30.5 Å². The molecule has 1 atom stereocenters. The molecular weight excluding hydrogens is 302 g/mol. The molecule has 0 spiro atoms. The van der Waals surface area contributed by atoms with E-state index in [2.05, 4.69) is 10.3 Å². The Kier molecular flexibility index (Phi) is 4.06. The van der Waals surface area contributed by atoms with Crippen molar-refractivity contribution in [3.63, 3.8) is 0 Å². The first-order valence-electron chi connectivity index (χ1n) is 6.82. The molecule has 114 valence electrons. The van der Waals surface area contributed by atoms with Gasteiger partial charge in [-0.2, -0.15) is 0 Å². The van der Waals surface area contributed by atoms with Crippen LogP contribution in [0.2, 0.25) is 0 Å². The van der Waals surface area contributed by atoms with Crippen molar-refractivity contribution in [3.8, 4) is 5.75 Å². The van der Waals surface area contributed by atoms with Crippen LogP contribution in [0.5, 0.6) is 5.75 Å². The highest BCUT2D eigenvalue weighted by Gasteiger charge is 2.35. The first-order chi connectivity index (χ1) is 10.7. The van der Waals surface area contributed by atoms with Crippen molar-refractivity contribution in [2.24, 2.45) is 5.92 Å². The number of hydrogen-bond donors (Lipinski definition) is 1. The van der Waals surface area contributed by atoms with Crippen LogP contribution >= 0.6 is 11.3 Å². The molecule has 0 unspecified atom stereocenters. The van der Waals surface area contributed by atoms with Crippen molar-refractivity contribution in [2.45, 2.75) is 6.42 Å². The molecule has 0 bridgehead atoms. The molecule has 0 radical (unpaired) electrons. The van der Waals surface area contributed by atoms with Crippen LogP contribution in [0.1, 0.15) is 6.42 Å². The molecule has 1 saturated heterocycles. The molecule has 1 aliphatic heterocycles. The Balaban J connectivity index is 1.68. The zero-order valence-corrected chi connectivity index (χ0v) is 12.8. The second-order valence-electron chi connectivity index (χ2n) is 4.93. The van der Waals surface area contributed by atoms with Crippen molar-refractivity contribution in [2.75, 3.05) is 23.9 Å². The van der Waals surface area contributed by atoms with Crippen molar-refractivity contribution >= 4 is 34.0 Å². The van der Waals surface area contributed by atoms with Gasteiger partial charge in [-0.25, -0.2) is 4.98 Å². The topological polar surface area (TPSA) is 71.5 Å². The normalized spacial score (nSPS) is 17.6. The number of carbonyl (C=O) groups excluding carboxylic acids is 2. The van der Waals surface area contributed by atoms with Gasteiger partial charge in [-0.3, -0.25) is 9.59 Å². The Hall–Kier alpha value is -2.41. The predicted octanol–water partition coefficient (Wildman–Crippen LogP) is 2.14. The van der Waals surface area contributed by atoms with Crippen LogP contribution in [0, 0.1) is 5.92 Å². The van der Waals surface area contributed by atoms with Crippen LogP contribution < -0.4 is 15.0 Å². The van der Waals surface area contributed by atoms with Crippen LogP contribution in [0.25, 0.3) is 0 Å². The molecule has 1 aliphatic rings. The summed E-state index contributed by atoms with van der Waals surface area (Å²) >= 11 is 1.36. The Morgan fingerprint density at radius 3 is 2.82 bits per heavy atom. The highest BCUT2D eigenvalue weighted by atomic mass is 32.1. The van der Waals surface area contributed by atoms with Crippen molar-refractivity contribution in [3.05, 3.63) is 35.8 Å². The summed E-state index contributed by atoms with van der Waals surface area (Å²) < 4.78 is 5.10. The summed E-state index contributed by atoms with van der Waals surface area (Å²) in [6.07, 6.45) is 1.84. The van der Waals surface area contributed by atoms with Gasteiger partial charge < -0.3 is 15.0 Å². The highest BCUT2D eigenvalue weighted by molar-refractivity contribution is 7.13. The van der Waals surface area contributed by atoms with E-state index in [1.165, 1.54) is 11.3 Å². The van der Waals surface area contributed by atoms with E-state index in [4.69, 9.17) is 4.74 Å². The Morgan fingerprint density at radius 2 is 2.18 bits per heavy atom. The number of aromatic nitrogens is 1. The molecule has 7 heteroatoms. The summed E-state index contributed by atoms with van der Waals surface area (Å²) in [7, 11) is 1.59. The quantitative estimate of drug-likeness (QED) is 0.938. The number of ether oxygens (including phenoxy) is 1. The fourth-order valence-corrected chi connectivity index (χ4v) is 2.92. The van der Waals surface area contributed by atoms with Crippen LogP contribution in [0.4, 0.5) is 10.8 Å². The molecule has 22 heavy (non-hydrogen) atoms. The van der Waals surface area contributed by atoms with Crippen molar-refractivity contribution in [1.29, 1.82) is 0 Å². The minimum absolute atomic E-state index is 0.0514. The van der Waals surface area contributed by atoms with Gasteiger partial charge in [0.05, 0.1) is 13.0 Å². The number of benzene rings is 1. The van der Waals surface area contributed by atoms with Gasteiger partial charge in [0, 0.05) is 30.2 Å². The summed E-state index contributed by atoms with van der Waals surface area (Å²) in [4.78, 5) is 30.0. The highest BCUT2D eigenvalue weighted by Crippen LogP contribution is 2.27. The van der Waals surface area contributed by atoms with Gasteiger partial charge in [0.15, 0.2) is 5.13 Å². The number of nitrogens with zero attached hydrogens (tertiary/aromatic N) is 2. The first-order valence-corrected chi connectivity index (χ1v) is 7.70. The molecule has 3 rings (SSSR count). The maximum absolute atomic E-state index is 12.2. The lowest BCUT2D eigenvalue weighted by atomic mass is 10.1. The Labute approximate surface area is 131 Å². The summed E-state index contributed by atoms with van der Waals surface area (Å²) in [6, 6.07) is 7.23.